The third-order valence-corrected chi connectivity index (χ3v) is 3.67. The maximum atomic E-state index is 5.09. The number of imidazole rings is 1. The second kappa shape index (κ2) is 6.52. The van der Waals surface area contributed by atoms with Crippen LogP contribution in [0.1, 0.15) is 5.56 Å². The molecule has 0 atom stereocenters. The Balaban J connectivity index is 1.69. The summed E-state index contributed by atoms with van der Waals surface area (Å²) in [6, 6.07) is 7.54. The number of pyridine rings is 2. The lowest BCUT2D eigenvalue weighted by atomic mass is 10.2. The number of aromatic amines is 1. The first kappa shape index (κ1) is 15.0. The van der Waals surface area contributed by atoms with Gasteiger partial charge in [0, 0.05) is 36.8 Å². The van der Waals surface area contributed by atoms with Gasteiger partial charge in [-0.05, 0) is 17.7 Å². The molecule has 4 aromatic heterocycles. The third kappa shape index (κ3) is 3.09. The molecule has 4 heterocycles. The van der Waals surface area contributed by atoms with Crippen molar-refractivity contribution in [2.24, 2.45) is 0 Å². The van der Waals surface area contributed by atoms with Crippen molar-refractivity contribution in [2.45, 2.75) is 6.54 Å². The Labute approximate surface area is 143 Å². The van der Waals surface area contributed by atoms with Crippen LogP contribution in [-0.2, 0) is 6.54 Å². The highest BCUT2D eigenvalue weighted by molar-refractivity contribution is 5.84. The van der Waals surface area contributed by atoms with E-state index in [2.05, 4.69) is 35.2 Å². The molecular formula is C17H15N7O. The van der Waals surface area contributed by atoms with Gasteiger partial charge in [-0.3, -0.25) is 4.98 Å². The van der Waals surface area contributed by atoms with Crippen molar-refractivity contribution in [1.82, 2.24) is 29.9 Å². The average Bonchev–Trinajstić information content (AvgIpc) is 3.16. The Bertz CT molecular complexity index is 983. The third-order valence-electron chi connectivity index (χ3n) is 3.67. The summed E-state index contributed by atoms with van der Waals surface area (Å²) < 4.78 is 5.09. The predicted octanol–water partition coefficient (Wildman–Crippen LogP) is 2.43. The van der Waals surface area contributed by atoms with Crippen LogP contribution in [0.2, 0.25) is 0 Å². The zero-order chi connectivity index (χ0) is 17.1. The van der Waals surface area contributed by atoms with Crippen molar-refractivity contribution in [1.29, 1.82) is 0 Å². The molecule has 0 bridgehead atoms. The van der Waals surface area contributed by atoms with Gasteiger partial charge in [0.15, 0.2) is 17.3 Å². The van der Waals surface area contributed by atoms with Gasteiger partial charge in [0.25, 0.3) is 0 Å². The maximum Gasteiger partial charge on any atom is 0.212 e. The topological polar surface area (TPSA) is 102 Å². The number of H-pyrrole nitrogens is 1. The molecule has 0 aliphatic carbocycles. The maximum absolute atomic E-state index is 5.09. The van der Waals surface area contributed by atoms with Gasteiger partial charge in [0.1, 0.15) is 5.52 Å². The highest BCUT2D eigenvalue weighted by atomic mass is 16.5. The molecule has 0 radical (unpaired) electrons. The lowest BCUT2D eigenvalue weighted by Gasteiger charge is -2.08. The summed E-state index contributed by atoms with van der Waals surface area (Å²) in [5, 5.41) is 3.32. The smallest absolute Gasteiger partial charge is 0.212 e. The number of rotatable bonds is 5. The Morgan fingerprint density at radius 2 is 2.08 bits per heavy atom. The number of hydrogen-bond donors (Lipinski definition) is 2. The van der Waals surface area contributed by atoms with Gasteiger partial charge in [0.05, 0.1) is 13.4 Å². The van der Waals surface area contributed by atoms with Crippen molar-refractivity contribution in [3.63, 3.8) is 0 Å². The van der Waals surface area contributed by atoms with Gasteiger partial charge in [-0.15, -0.1) is 0 Å². The lowest BCUT2D eigenvalue weighted by molar-refractivity contribution is 0.398. The standard InChI is InChI=1S/C17H15N7O/c1-25-13-5-4-12(9-19-13)15-23-16(14-17(24-15)22-10-21-14)20-8-11-3-2-6-18-7-11/h2-7,9-10H,8H2,1H3,(H2,20,21,22,23,24). The van der Waals surface area contributed by atoms with Gasteiger partial charge in [-0.25, -0.2) is 19.9 Å². The van der Waals surface area contributed by atoms with Gasteiger partial charge >= 0.3 is 0 Å². The van der Waals surface area contributed by atoms with Crippen LogP contribution >= 0.6 is 0 Å². The van der Waals surface area contributed by atoms with E-state index in [0.717, 1.165) is 16.6 Å². The molecule has 8 heteroatoms. The summed E-state index contributed by atoms with van der Waals surface area (Å²) in [5.41, 5.74) is 3.19. The molecule has 0 spiro atoms. The van der Waals surface area contributed by atoms with Gasteiger partial charge < -0.3 is 15.0 Å². The van der Waals surface area contributed by atoms with Gasteiger partial charge in [0.2, 0.25) is 5.88 Å². The predicted molar refractivity (Wildman–Crippen MR) is 93.0 cm³/mol. The lowest BCUT2D eigenvalue weighted by Crippen LogP contribution is -2.04. The zero-order valence-corrected chi connectivity index (χ0v) is 13.5. The second-order valence-electron chi connectivity index (χ2n) is 5.30. The van der Waals surface area contributed by atoms with Crippen molar-refractivity contribution in [3.8, 4) is 17.3 Å². The monoisotopic (exact) mass is 333 g/mol. The average molecular weight is 333 g/mol. The largest absolute Gasteiger partial charge is 0.481 e. The Morgan fingerprint density at radius 3 is 2.84 bits per heavy atom. The van der Waals surface area contributed by atoms with Crippen LogP contribution < -0.4 is 10.1 Å². The van der Waals surface area contributed by atoms with E-state index in [1.165, 1.54) is 0 Å². The Kier molecular flexibility index (Phi) is 3.91. The van der Waals surface area contributed by atoms with Crippen LogP contribution in [0.25, 0.3) is 22.6 Å². The van der Waals surface area contributed by atoms with Crippen LogP contribution in [0.15, 0.2) is 49.2 Å². The molecule has 0 saturated carbocycles. The molecule has 0 saturated heterocycles. The molecule has 0 aromatic carbocycles. The van der Waals surface area contributed by atoms with E-state index in [0.29, 0.717) is 29.7 Å². The quantitative estimate of drug-likeness (QED) is 0.578. The minimum atomic E-state index is 0.541. The minimum Gasteiger partial charge on any atom is -0.481 e. The zero-order valence-electron chi connectivity index (χ0n) is 13.5. The van der Waals surface area contributed by atoms with E-state index in [9.17, 15) is 0 Å². The molecule has 0 fully saturated rings. The fourth-order valence-corrected chi connectivity index (χ4v) is 2.41. The highest BCUT2D eigenvalue weighted by Gasteiger charge is 2.12. The molecular weight excluding hydrogens is 318 g/mol. The van der Waals surface area contributed by atoms with E-state index >= 15 is 0 Å². The minimum absolute atomic E-state index is 0.541. The van der Waals surface area contributed by atoms with Gasteiger partial charge in [-0.1, -0.05) is 6.07 Å². The second-order valence-corrected chi connectivity index (χ2v) is 5.30. The highest BCUT2D eigenvalue weighted by Crippen LogP contribution is 2.23. The number of nitrogens with zero attached hydrogens (tertiary/aromatic N) is 5. The fourth-order valence-electron chi connectivity index (χ4n) is 2.41. The molecule has 2 N–H and O–H groups in total. The van der Waals surface area contributed by atoms with Crippen molar-refractivity contribution >= 4 is 17.0 Å². The number of nitrogens with one attached hydrogen (secondary N) is 2. The molecule has 0 unspecified atom stereocenters. The van der Waals surface area contributed by atoms with Crippen molar-refractivity contribution < 1.29 is 4.74 Å². The van der Waals surface area contributed by atoms with Crippen molar-refractivity contribution in [3.05, 3.63) is 54.7 Å². The molecule has 4 aromatic rings. The molecule has 0 amide bonds. The van der Waals surface area contributed by atoms with E-state index in [4.69, 9.17) is 4.74 Å². The first-order valence-corrected chi connectivity index (χ1v) is 7.68. The fraction of sp³-hybridized carbons (Fsp3) is 0.118. The summed E-state index contributed by atoms with van der Waals surface area (Å²) in [7, 11) is 1.58. The van der Waals surface area contributed by atoms with Crippen molar-refractivity contribution in [2.75, 3.05) is 12.4 Å². The Morgan fingerprint density at radius 1 is 1.12 bits per heavy atom. The van der Waals surface area contributed by atoms with Crippen LogP contribution in [0, 0.1) is 0 Å². The van der Waals surface area contributed by atoms with E-state index in [1.54, 1.807) is 31.9 Å². The Hall–Kier alpha value is -3.55. The normalized spacial score (nSPS) is 10.8. The summed E-state index contributed by atoms with van der Waals surface area (Å²) >= 11 is 0. The number of fused-ring (bicyclic) bond motifs is 1. The van der Waals surface area contributed by atoms with E-state index in [-0.39, 0.29) is 0 Å². The number of ether oxygens (including phenoxy) is 1. The molecule has 25 heavy (non-hydrogen) atoms. The summed E-state index contributed by atoms with van der Waals surface area (Å²) in [5.74, 6) is 1.76. The summed E-state index contributed by atoms with van der Waals surface area (Å²) in [6.45, 7) is 0.597. The van der Waals surface area contributed by atoms with Crippen LogP contribution in [0.5, 0.6) is 5.88 Å². The van der Waals surface area contributed by atoms with E-state index in [1.807, 2.05) is 24.4 Å². The SMILES string of the molecule is COc1ccc(-c2nc(NCc3cccnc3)c3[nH]cnc3n2)cn1. The van der Waals surface area contributed by atoms with Crippen LogP contribution in [-0.4, -0.2) is 37.0 Å². The van der Waals surface area contributed by atoms with Crippen LogP contribution in [0.4, 0.5) is 5.82 Å². The molecule has 4 rings (SSSR count). The first-order valence-electron chi connectivity index (χ1n) is 7.68. The summed E-state index contributed by atoms with van der Waals surface area (Å²) in [4.78, 5) is 24.8. The molecule has 124 valence electrons. The van der Waals surface area contributed by atoms with Crippen LogP contribution in [0.3, 0.4) is 0 Å². The first-order chi connectivity index (χ1) is 12.3. The number of anilines is 1. The number of methoxy groups -OCH3 is 1. The van der Waals surface area contributed by atoms with Gasteiger partial charge in [-0.2, -0.15) is 0 Å². The molecule has 8 nitrogen and oxygen atoms in total. The molecule has 0 aliphatic heterocycles. The number of aromatic nitrogens is 6. The van der Waals surface area contributed by atoms with E-state index < -0.39 is 0 Å². The molecule has 0 aliphatic rings. The summed E-state index contributed by atoms with van der Waals surface area (Å²) in [6.07, 6.45) is 6.84. The number of hydrogen-bond acceptors (Lipinski definition) is 7.